The quantitative estimate of drug-likeness (QED) is 0.801. The van der Waals surface area contributed by atoms with Crippen molar-refractivity contribution in [1.29, 1.82) is 0 Å². The third-order valence-corrected chi connectivity index (χ3v) is 2.78. The summed E-state index contributed by atoms with van der Waals surface area (Å²) in [5, 5.41) is 4.31. The van der Waals surface area contributed by atoms with Crippen LogP contribution in [0.2, 0.25) is 10.0 Å². The van der Waals surface area contributed by atoms with E-state index >= 15 is 0 Å². The lowest BCUT2D eigenvalue weighted by atomic mass is 10.1. The van der Waals surface area contributed by atoms with E-state index in [1.165, 1.54) is 0 Å². The van der Waals surface area contributed by atoms with Gasteiger partial charge in [0.2, 0.25) is 0 Å². The van der Waals surface area contributed by atoms with Crippen LogP contribution in [0.15, 0.2) is 47.6 Å². The summed E-state index contributed by atoms with van der Waals surface area (Å²) < 4.78 is 5.37. The van der Waals surface area contributed by atoms with Crippen molar-refractivity contribution in [3.63, 3.8) is 0 Å². The molecule has 0 saturated carbocycles. The average Bonchev–Trinajstić information content (AvgIpc) is 2.80. The molecular weight excluding hydrogens is 257 g/mol. The van der Waals surface area contributed by atoms with Crippen LogP contribution in [0.25, 0.3) is 11.3 Å². The molecule has 0 fully saturated rings. The summed E-state index contributed by atoms with van der Waals surface area (Å²) in [7, 11) is 0. The predicted octanol–water partition coefficient (Wildman–Crippen LogP) is 4.85. The predicted molar refractivity (Wildman–Crippen MR) is 72.9 cm³/mol. The van der Waals surface area contributed by atoms with Crippen LogP contribution in [0.1, 0.15) is 0 Å². The molecule has 0 aliphatic rings. The summed E-state index contributed by atoms with van der Waals surface area (Å²) in [6, 6.07) is 7.20. The number of benzene rings is 1. The van der Waals surface area contributed by atoms with Crippen LogP contribution in [-0.2, 0) is 0 Å². The monoisotopic (exact) mass is 267 g/mol. The first-order valence-electron chi connectivity index (χ1n) is 5.10. The van der Waals surface area contributed by atoms with E-state index in [1.807, 2.05) is 18.2 Å². The van der Waals surface area contributed by atoms with Crippen molar-refractivity contribution in [2.24, 2.45) is 0 Å². The number of hydrogen-bond acceptors (Lipinski definition) is 2. The Morgan fingerprint density at radius 1 is 1.35 bits per heavy atom. The van der Waals surface area contributed by atoms with Crippen LogP contribution in [0, 0.1) is 0 Å². The Morgan fingerprint density at radius 2 is 2.18 bits per heavy atom. The van der Waals surface area contributed by atoms with Crippen molar-refractivity contribution in [1.82, 2.24) is 0 Å². The van der Waals surface area contributed by atoms with Gasteiger partial charge in [0.05, 0.1) is 17.0 Å². The highest BCUT2D eigenvalue weighted by molar-refractivity contribution is 6.37. The summed E-state index contributed by atoms with van der Waals surface area (Å²) in [6.07, 6.45) is 3.37. The number of rotatable bonds is 4. The van der Waals surface area contributed by atoms with Crippen LogP contribution in [0.4, 0.5) is 5.69 Å². The third-order valence-electron chi connectivity index (χ3n) is 2.26. The zero-order valence-corrected chi connectivity index (χ0v) is 10.6. The van der Waals surface area contributed by atoms with E-state index in [9.17, 15) is 0 Å². The van der Waals surface area contributed by atoms with E-state index in [0.717, 1.165) is 17.0 Å². The molecule has 1 aromatic carbocycles. The molecule has 1 aromatic heterocycles. The van der Waals surface area contributed by atoms with Gasteiger partial charge in [-0.25, -0.2) is 0 Å². The lowest BCUT2D eigenvalue weighted by Crippen LogP contribution is -2.00. The molecule has 88 valence electrons. The van der Waals surface area contributed by atoms with Gasteiger partial charge in [-0.05, 0) is 24.3 Å². The smallest absolute Gasteiger partial charge is 0.136 e. The van der Waals surface area contributed by atoms with Gasteiger partial charge in [-0.15, -0.1) is 6.58 Å². The molecule has 1 N–H and O–H groups in total. The molecule has 0 saturated heterocycles. The molecule has 0 amide bonds. The zero-order valence-electron chi connectivity index (χ0n) is 9.04. The molecular formula is C13H11Cl2NO. The second kappa shape index (κ2) is 5.30. The molecule has 4 heteroatoms. The Labute approximate surface area is 110 Å². The number of furan rings is 1. The summed E-state index contributed by atoms with van der Waals surface area (Å²) in [4.78, 5) is 0. The van der Waals surface area contributed by atoms with Crippen molar-refractivity contribution in [2.45, 2.75) is 0 Å². The Kier molecular flexibility index (Phi) is 3.77. The van der Waals surface area contributed by atoms with Crippen molar-refractivity contribution >= 4 is 28.9 Å². The van der Waals surface area contributed by atoms with Crippen molar-refractivity contribution in [3.05, 3.63) is 53.2 Å². The maximum absolute atomic E-state index is 6.16. The normalized spacial score (nSPS) is 10.2. The number of nitrogens with one attached hydrogen (secondary N) is 1. The number of hydrogen-bond donors (Lipinski definition) is 1. The van der Waals surface area contributed by atoms with E-state index in [0.29, 0.717) is 16.6 Å². The second-order valence-electron chi connectivity index (χ2n) is 3.46. The Balaban J connectivity index is 2.51. The molecule has 1 heterocycles. The summed E-state index contributed by atoms with van der Waals surface area (Å²) in [6.45, 7) is 4.28. The van der Waals surface area contributed by atoms with Crippen LogP contribution < -0.4 is 5.32 Å². The molecule has 0 spiro atoms. The third kappa shape index (κ3) is 2.65. The van der Waals surface area contributed by atoms with Crippen LogP contribution in [-0.4, -0.2) is 6.54 Å². The fraction of sp³-hybridized carbons (Fsp3) is 0.0769. The molecule has 0 atom stereocenters. The maximum Gasteiger partial charge on any atom is 0.136 e. The summed E-state index contributed by atoms with van der Waals surface area (Å²) in [5.41, 5.74) is 1.64. The van der Waals surface area contributed by atoms with Gasteiger partial charge in [0.1, 0.15) is 5.76 Å². The minimum absolute atomic E-state index is 0.561. The first-order chi connectivity index (χ1) is 8.22. The average molecular weight is 268 g/mol. The van der Waals surface area contributed by atoms with Gasteiger partial charge < -0.3 is 9.73 Å². The van der Waals surface area contributed by atoms with Crippen molar-refractivity contribution in [2.75, 3.05) is 11.9 Å². The summed E-state index contributed by atoms with van der Waals surface area (Å²) >= 11 is 12.2. The lowest BCUT2D eigenvalue weighted by molar-refractivity contribution is 0.582. The molecule has 0 aliphatic carbocycles. The van der Waals surface area contributed by atoms with Gasteiger partial charge in [0, 0.05) is 17.1 Å². The molecule has 0 radical (unpaired) electrons. The highest BCUT2D eigenvalue weighted by atomic mass is 35.5. The van der Waals surface area contributed by atoms with Gasteiger partial charge in [0.25, 0.3) is 0 Å². The first kappa shape index (κ1) is 12.1. The first-order valence-corrected chi connectivity index (χ1v) is 5.85. The van der Waals surface area contributed by atoms with Crippen molar-refractivity contribution in [3.8, 4) is 11.3 Å². The van der Waals surface area contributed by atoms with Gasteiger partial charge in [-0.2, -0.15) is 0 Å². The lowest BCUT2D eigenvalue weighted by Gasteiger charge is -2.11. The molecule has 2 nitrogen and oxygen atoms in total. The maximum atomic E-state index is 6.16. The van der Waals surface area contributed by atoms with Crippen LogP contribution >= 0.6 is 23.2 Å². The Bertz CT molecular complexity index is 520. The van der Waals surface area contributed by atoms with Crippen LogP contribution in [0.3, 0.4) is 0 Å². The topological polar surface area (TPSA) is 25.2 Å². The van der Waals surface area contributed by atoms with E-state index in [-0.39, 0.29) is 0 Å². The fourth-order valence-electron chi connectivity index (χ4n) is 1.55. The molecule has 2 aromatic rings. The highest BCUT2D eigenvalue weighted by Crippen LogP contribution is 2.37. The van der Waals surface area contributed by atoms with Gasteiger partial charge in [-0.3, -0.25) is 0 Å². The Morgan fingerprint density at radius 3 is 2.82 bits per heavy atom. The highest BCUT2D eigenvalue weighted by Gasteiger charge is 2.12. The number of halogens is 2. The van der Waals surface area contributed by atoms with Gasteiger partial charge in [0.15, 0.2) is 0 Å². The van der Waals surface area contributed by atoms with Crippen molar-refractivity contribution < 1.29 is 4.42 Å². The van der Waals surface area contributed by atoms with E-state index in [1.54, 1.807) is 18.4 Å². The van der Waals surface area contributed by atoms with E-state index < -0.39 is 0 Å². The molecule has 0 aliphatic heterocycles. The van der Waals surface area contributed by atoms with Crippen LogP contribution in [0.5, 0.6) is 0 Å². The zero-order chi connectivity index (χ0) is 12.3. The minimum Gasteiger partial charge on any atom is -0.464 e. The minimum atomic E-state index is 0.561. The summed E-state index contributed by atoms with van der Waals surface area (Å²) in [5.74, 6) is 0.723. The van der Waals surface area contributed by atoms with Gasteiger partial charge >= 0.3 is 0 Å². The number of anilines is 1. The standard InChI is InChI=1S/C13H11Cl2NO/c1-2-5-16-13-10(12-4-3-6-17-12)7-9(14)8-11(13)15/h2-4,6-8,16H,1,5H2. The largest absolute Gasteiger partial charge is 0.464 e. The molecule has 0 bridgehead atoms. The van der Waals surface area contributed by atoms with E-state index in [2.05, 4.69) is 11.9 Å². The molecule has 0 unspecified atom stereocenters. The van der Waals surface area contributed by atoms with Gasteiger partial charge in [-0.1, -0.05) is 29.3 Å². The molecule has 2 rings (SSSR count). The Hall–Kier alpha value is -1.38. The fourth-order valence-corrected chi connectivity index (χ4v) is 2.11. The SMILES string of the molecule is C=CCNc1c(Cl)cc(Cl)cc1-c1ccco1. The second-order valence-corrected chi connectivity index (χ2v) is 4.30. The van der Waals surface area contributed by atoms with E-state index in [4.69, 9.17) is 27.6 Å². The molecule has 17 heavy (non-hydrogen) atoms.